The highest BCUT2D eigenvalue weighted by Gasteiger charge is 2.56. The van der Waals surface area contributed by atoms with Gasteiger partial charge in [-0.05, 0) is 6.92 Å². The van der Waals surface area contributed by atoms with Crippen LogP contribution in [0.2, 0.25) is 5.15 Å². The maximum absolute atomic E-state index is 13.0. The number of hydrogen-bond donors (Lipinski definition) is 2. The fourth-order valence-electron chi connectivity index (χ4n) is 3.59. The van der Waals surface area contributed by atoms with Crippen LogP contribution in [0.25, 0.3) is 0 Å². The molecule has 2 aromatic rings. The van der Waals surface area contributed by atoms with Gasteiger partial charge in [-0.3, -0.25) is 23.9 Å². The van der Waals surface area contributed by atoms with E-state index in [1.807, 2.05) is 0 Å². The average molecular weight is 589 g/mol. The van der Waals surface area contributed by atoms with E-state index in [0.717, 1.165) is 11.5 Å². The van der Waals surface area contributed by atoms with E-state index in [1.54, 1.807) is 14.0 Å². The molecule has 3 atom stereocenters. The highest BCUT2D eigenvalue weighted by Crippen LogP contribution is 2.41. The van der Waals surface area contributed by atoms with E-state index in [0.29, 0.717) is 17.3 Å². The standard InChI is InChI=1S/C19H21ClN8O6S3/c1-3-34-25-11(14-23-18(21)37-26-14)15(31)22-12-16(32)28-5-19(33-8-29,7-36-17(12)28)6-35-10-4-9(30)13(20)24-27(10)2/h4,8,12,17H,3,5-7H2,1-2H3,(H,22,31)(H2,21,23,26)/b25-11+/t12?,17-,19?/m1/s1. The van der Waals surface area contributed by atoms with E-state index in [4.69, 9.17) is 26.9 Å². The lowest BCUT2D eigenvalue weighted by Crippen LogP contribution is -2.75. The Hall–Kier alpha value is -2.89. The second-order valence-corrected chi connectivity index (χ2v) is 11.1. The van der Waals surface area contributed by atoms with Crippen molar-refractivity contribution in [2.75, 3.05) is 30.4 Å². The number of rotatable bonds is 10. The number of thioether (sulfide) groups is 2. The number of β-lactam (4-membered cyclic amide) rings is 1. The molecule has 198 valence electrons. The number of aromatic nitrogens is 4. The smallest absolute Gasteiger partial charge is 0.293 e. The Morgan fingerprint density at radius 1 is 1.49 bits per heavy atom. The van der Waals surface area contributed by atoms with Gasteiger partial charge in [-0.15, -0.1) is 23.5 Å². The Kier molecular flexibility index (Phi) is 8.25. The topological polar surface area (TPSA) is 184 Å². The van der Waals surface area contributed by atoms with Crippen molar-refractivity contribution in [2.45, 2.75) is 29.0 Å². The number of anilines is 1. The highest BCUT2D eigenvalue weighted by molar-refractivity contribution is 8.00. The maximum atomic E-state index is 13.0. The lowest BCUT2D eigenvalue weighted by atomic mass is 10.0. The van der Waals surface area contributed by atoms with Crippen LogP contribution in [0.5, 0.6) is 0 Å². The summed E-state index contributed by atoms with van der Waals surface area (Å²) in [6.07, 6.45) is 0. The van der Waals surface area contributed by atoms with Gasteiger partial charge in [0.1, 0.15) is 23.6 Å². The molecule has 14 nitrogen and oxygen atoms in total. The summed E-state index contributed by atoms with van der Waals surface area (Å²) in [5.74, 6) is -0.437. The van der Waals surface area contributed by atoms with E-state index < -0.39 is 23.0 Å². The first-order chi connectivity index (χ1) is 17.7. The Morgan fingerprint density at radius 2 is 2.27 bits per heavy atom. The second kappa shape index (κ2) is 11.2. The zero-order valence-corrected chi connectivity index (χ0v) is 22.7. The molecule has 2 aliphatic rings. The number of carbonyl (C=O) groups excluding carboxylic acids is 3. The second-order valence-electron chi connectivity index (χ2n) is 7.88. The van der Waals surface area contributed by atoms with Gasteiger partial charge >= 0.3 is 0 Å². The fraction of sp³-hybridized carbons (Fsp3) is 0.474. The van der Waals surface area contributed by atoms with Crippen LogP contribution >= 0.6 is 46.7 Å². The van der Waals surface area contributed by atoms with Gasteiger partial charge in [-0.2, -0.15) is 14.5 Å². The predicted octanol–water partition coefficient (Wildman–Crippen LogP) is -0.288. The van der Waals surface area contributed by atoms with Crippen molar-refractivity contribution in [3.8, 4) is 0 Å². The molecule has 18 heteroatoms. The SMILES string of the molecule is CCO/N=C(/C(=O)NC1C(=O)N2CC(CSc3cc(=O)c(Cl)nn3C)(OC=O)CS[C@H]12)c1nsc(N)n1. The molecule has 0 saturated carbocycles. The minimum atomic E-state index is -1.02. The van der Waals surface area contributed by atoms with Gasteiger partial charge in [0.05, 0.1) is 11.6 Å². The molecule has 0 spiro atoms. The van der Waals surface area contributed by atoms with Crippen LogP contribution in [0.1, 0.15) is 12.7 Å². The summed E-state index contributed by atoms with van der Waals surface area (Å²) in [7, 11) is 1.64. The summed E-state index contributed by atoms with van der Waals surface area (Å²) in [5, 5.41) is 10.5. The molecular weight excluding hydrogens is 568 g/mol. The van der Waals surface area contributed by atoms with Gasteiger partial charge in [0.15, 0.2) is 10.3 Å². The number of nitrogens with zero attached hydrogens (tertiary/aromatic N) is 6. The fourth-order valence-corrected chi connectivity index (χ4v) is 6.88. The summed E-state index contributed by atoms with van der Waals surface area (Å²) >= 11 is 9.28. The number of oxime groups is 1. The Bertz CT molecular complexity index is 1300. The molecule has 0 aromatic carbocycles. The maximum Gasteiger partial charge on any atom is 0.293 e. The molecule has 2 amide bonds. The highest BCUT2D eigenvalue weighted by atomic mass is 35.5. The quantitative estimate of drug-likeness (QED) is 0.122. The summed E-state index contributed by atoms with van der Waals surface area (Å²) in [6, 6.07) is 0.517. The number of nitrogens with one attached hydrogen (secondary N) is 1. The number of nitrogen functional groups attached to an aromatic ring is 1. The third-order valence-electron chi connectivity index (χ3n) is 5.35. The number of hydrogen-bond acceptors (Lipinski definition) is 14. The molecule has 2 aromatic heterocycles. The van der Waals surface area contributed by atoms with Gasteiger partial charge < -0.3 is 25.5 Å². The summed E-state index contributed by atoms with van der Waals surface area (Å²) in [5.41, 5.74) is 3.98. The largest absolute Gasteiger partial charge is 0.458 e. The Labute approximate surface area is 227 Å². The van der Waals surface area contributed by atoms with Crippen molar-refractivity contribution in [3.05, 3.63) is 27.3 Å². The van der Waals surface area contributed by atoms with Crippen LogP contribution < -0.4 is 16.5 Å². The lowest BCUT2D eigenvalue weighted by molar-refractivity contribution is -0.158. The van der Waals surface area contributed by atoms with Gasteiger partial charge in [0.2, 0.25) is 22.9 Å². The van der Waals surface area contributed by atoms with Crippen LogP contribution in [-0.2, 0) is 31.0 Å². The lowest BCUT2D eigenvalue weighted by Gasteiger charge is -2.54. The molecule has 3 N–H and O–H groups in total. The zero-order chi connectivity index (χ0) is 26.7. The molecule has 4 heterocycles. The average Bonchev–Trinajstić information content (AvgIpc) is 3.30. The van der Waals surface area contributed by atoms with E-state index in [1.165, 1.54) is 39.2 Å². The molecular formula is C19H21ClN8O6S3. The molecule has 0 aliphatic carbocycles. The van der Waals surface area contributed by atoms with Crippen LogP contribution in [0.4, 0.5) is 5.13 Å². The van der Waals surface area contributed by atoms with Crippen LogP contribution in [0, 0.1) is 0 Å². The van der Waals surface area contributed by atoms with E-state index in [-0.39, 0.29) is 52.0 Å². The number of aryl methyl sites for hydroxylation is 1. The molecule has 2 saturated heterocycles. The van der Waals surface area contributed by atoms with Crippen molar-refractivity contribution >= 4 is 75.8 Å². The van der Waals surface area contributed by atoms with Crippen LogP contribution in [-0.4, -0.2) is 89.7 Å². The van der Waals surface area contributed by atoms with Crippen molar-refractivity contribution < 1.29 is 24.0 Å². The molecule has 2 unspecified atom stereocenters. The molecule has 4 rings (SSSR count). The van der Waals surface area contributed by atoms with Crippen molar-refractivity contribution in [1.29, 1.82) is 0 Å². The van der Waals surface area contributed by atoms with Gasteiger partial charge in [-0.25, -0.2) is 0 Å². The summed E-state index contributed by atoms with van der Waals surface area (Å²) in [6.45, 7) is 2.36. The Balaban J connectivity index is 1.44. The molecule has 2 aliphatic heterocycles. The van der Waals surface area contributed by atoms with E-state index >= 15 is 0 Å². The number of carbonyl (C=O) groups is 3. The minimum Gasteiger partial charge on any atom is -0.458 e. The summed E-state index contributed by atoms with van der Waals surface area (Å²) in [4.78, 5) is 59.6. The van der Waals surface area contributed by atoms with Crippen molar-refractivity contribution in [1.82, 2.24) is 29.4 Å². The third-order valence-corrected chi connectivity index (χ3v) is 9.07. The molecule has 0 bridgehead atoms. The van der Waals surface area contributed by atoms with Gasteiger partial charge in [0, 0.05) is 36.2 Å². The monoisotopic (exact) mass is 588 g/mol. The normalized spacial score (nSPS) is 23.2. The predicted molar refractivity (Wildman–Crippen MR) is 137 cm³/mol. The van der Waals surface area contributed by atoms with Crippen LogP contribution in [0.15, 0.2) is 21.0 Å². The van der Waals surface area contributed by atoms with Crippen LogP contribution in [0.3, 0.4) is 0 Å². The van der Waals surface area contributed by atoms with E-state index in [9.17, 15) is 19.2 Å². The van der Waals surface area contributed by atoms with Crippen molar-refractivity contribution in [3.63, 3.8) is 0 Å². The van der Waals surface area contributed by atoms with Gasteiger partial charge in [0.25, 0.3) is 12.4 Å². The first kappa shape index (κ1) is 27.2. The number of ether oxygens (including phenoxy) is 1. The Morgan fingerprint density at radius 3 is 2.95 bits per heavy atom. The number of halogens is 1. The summed E-state index contributed by atoms with van der Waals surface area (Å²) < 4.78 is 10.9. The number of amides is 2. The van der Waals surface area contributed by atoms with Crippen molar-refractivity contribution in [2.24, 2.45) is 12.2 Å². The first-order valence-electron chi connectivity index (χ1n) is 10.7. The van der Waals surface area contributed by atoms with Gasteiger partial charge in [-0.1, -0.05) is 16.8 Å². The number of nitrogens with two attached hydrogens (primary N) is 1. The third kappa shape index (κ3) is 5.68. The molecule has 2 fully saturated rings. The number of fused-ring (bicyclic) bond motifs is 1. The first-order valence-corrected chi connectivity index (χ1v) is 13.9. The minimum absolute atomic E-state index is 0.00473. The molecule has 0 radical (unpaired) electrons. The molecule has 37 heavy (non-hydrogen) atoms. The zero-order valence-electron chi connectivity index (χ0n) is 19.5. The van der Waals surface area contributed by atoms with E-state index in [2.05, 4.69) is 24.9 Å².